The molecule has 0 fully saturated rings. The molecule has 2 aromatic rings. The largest absolute Gasteiger partial charge is 0.488 e. The second-order valence-electron chi connectivity index (χ2n) is 3.83. The normalized spacial score (nSPS) is 10.2. The van der Waals surface area contributed by atoms with Gasteiger partial charge in [0.05, 0.1) is 0 Å². The van der Waals surface area contributed by atoms with Crippen molar-refractivity contribution in [2.75, 3.05) is 0 Å². The number of halogens is 2. The van der Waals surface area contributed by atoms with Crippen LogP contribution < -0.4 is 4.74 Å². The van der Waals surface area contributed by atoms with Gasteiger partial charge in [0.2, 0.25) is 0 Å². The van der Waals surface area contributed by atoms with Crippen molar-refractivity contribution in [3.63, 3.8) is 0 Å². The third-order valence-corrected chi connectivity index (χ3v) is 3.78. The Labute approximate surface area is 127 Å². The summed E-state index contributed by atoms with van der Waals surface area (Å²) < 4.78 is 7.32. The fraction of sp³-hybridized carbons (Fsp3) is 0.0714. The van der Waals surface area contributed by atoms with Gasteiger partial charge in [-0.3, -0.25) is 0 Å². The molecule has 1 N–H and O–H groups in total. The topological polar surface area (TPSA) is 46.5 Å². The molecule has 0 bridgehead atoms. The Morgan fingerprint density at radius 3 is 2.58 bits per heavy atom. The first kappa shape index (κ1) is 14.1. The molecule has 0 heterocycles. The smallest absolute Gasteiger partial charge is 0.339 e. The standard InChI is InChI=1S/C14H10Br2O3/c15-10-5-6-11(14(17)18)13(7-10)19-8-9-3-1-2-4-12(9)16/h1-7H,8H2,(H,17,18). The number of aromatic carboxylic acids is 1. The predicted molar refractivity (Wildman–Crippen MR) is 79.6 cm³/mol. The molecule has 0 aliphatic carbocycles. The lowest BCUT2D eigenvalue weighted by Gasteiger charge is -2.10. The Morgan fingerprint density at radius 2 is 1.89 bits per heavy atom. The first-order valence-corrected chi connectivity index (χ1v) is 7.05. The molecule has 98 valence electrons. The summed E-state index contributed by atoms with van der Waals surface area (Å²) in [7, 11) is 0. The van der Waals surface area contributed by atoms with Gasteiger partial charge in [-0.15, -0.1) is 0 Å². The van der Waals surface area contributed by atoms with E-state index in [-0.39, 0.29) is 5.56 Å². The Morgan fingerprint density at radius 1 is 1.16 bits per heavy atom. The van der Waals surface area contributed by atoms with Crippen LogP contribution in [0.2, 0.25) is 0 Å². The zero-order chi connectivity index (χ0) is 13.8. The molecular formula is C14H10Br2O3. The minimum Gasteiger partial charge on any atom is -0.488 e. The van der Waals surface area contributed by atoms with Gasteiger partial charge < -0.3 is 9.84 Å². The third-order valence-electron chi connectivity index (χ3n) is 2.52. The van der Waals surface area contributed by atoms with Crippen LogP contribution in [0, 0.1) is 0 Å². The number of benzene rings is 2. The highest BCUT2D eigenvalue weighted by Crippen LogP contribution is 2.26. The van der Waals surface area contributed by atoms with E-state index >= 15 is 0 Å². The van der Waals surface area contributed by atoms with Crippen LogP contribution in [-0.4, -0.2) is 11.1 Å². The van der Waals surface area contributed by atoms with Crippen LogP contribution in [0.4, 0.5) is 0 Å². The van der Waals surface area contributed by atoms with E-state index in [1.165, 1.54) is 6.07 Å². The van der Waals surface area contributed by atoms with Gasteiger partial charge in [-0.2, -0.15) is 0 Å². The van der Waals surface area contributed by atoms with Gasteiger partial charge in [0.15, 0.2) is 0 Å². The molecule has 0 spiro atoms. The van der Waals surface area contributed by atoms with Gasteiger partial charge in [-0.25, -0.2) is 4.79 Å². The van der Waals surface area contributed by atoms with Gasteiger partial charge >= 0.3 is 5.97 Å². The second kappa shape index (κ2) is 6.21. The first-order chi connectivity index (χ1) is 9.08. The van der Waals surface area contributed by atoms with Crippen molar-refractivity contribution in [1.29, 1.82) is 0 Å². The number of ether oxygens (including phenoxy) is 1. The van der Waals surface area contributed by atoms with Crippen molar-refractivity contribution < 1.29 is 14.6 Å². The number of hydrogen-bond acceptors (Lipinski definition) is 2. The maximum absolute atomic E-state index is 11.1. The number of carboxylic acids is 1. The van der Waals surface area contributed by atoms with Crippen LogP contribution in [0.15, 0.2) is 51.4 Å². The molecule has 0 unspecified atom stereocenters. The average Bonchev–Trinajstić information content (AvgIpc) is 2.37. The first-order valence-electron chi connectivity index (χ1n) is 5.47. The molecule has 3 nitrogen and oxygen atoms in total. The van der Waals surface area contributed by atoms with E-state index in [1.54, 1.807) is 12.1 Å². The van der Waals surface area contributed by atoms with E-state index in [0.29, 0.717) is 12.4 Å². The summed E-state index contributed by atoms with van der Waals surface area (Å²) in [6.07, 6.45) is 0. The van der Waals surface area contributed by atoms with E-state index in [2.05, 4.69) is 31.9 Å². The Bertz CT molecular complexity index is 611. The molecule has 2 aromatic carbocycles. The highest BCUT2D eigenvalue weighted by Gasteiger charge is 2.12. The summed E-state index contributed by atoms with van der Waals surface area (Å²) >= 11 is 6.73. The number of rotatable bonds is 4. The summed E-state index contributed by atoms with van der Waals surface area (Å²) in [5.74, 6) is -0.660. The lowest BCUT2D eigenvalue weighted by atomic mass is 10.2. The van der Waals surface area contributed by atoms with Gasteiger partial charge in [0.25, 0.3) is 0 Å². The van der Waals surface area contributed by atoms with Crippen molar-refractivity contribution in [1.82, 2.24) is 0 Å². The van der Waals surface area contributed by atoms with Crippen LogP contribution in [0.3, 0.4) is 0 Å². The summed E-state index contributed by atoms with van der Waals surface area (Å²) in [6.45, 7) is 0.304. The van der Waals surface area contributed by atoms with E-state index in [1.807, 2.05) is 24.3 Å². The van der Waals surface area contributed by atoms with Crippen LogP contribution >= 0.6 is 31.9 Å². The van der Waals surface area contributed by atoms with Crippen LogP contribution in [0.25, 0.3) is 0 Å². The maximum Gasteiger partial charge on any atom is 0.339 e. The van der Waals surface area contributed by atoms with E-state index < -0.39 is 5.97 Å². The van der Waals surface area contributed by atoms with Crippen LogP contribution in [0.5, 0.6) is 5.75 Å². The van der Waals surface area contributed by atoms with Crippen LogP contribution in [-0.2, 0) is 6.61 Å². The molecule has 0 atom stereocenters. The molecule has 0 saturated heterocycles. The Kier molecular flexibility index (Phi) is 4.61. The Hall–Kier alpha value is -1.33. The van der Waals surface area contributed by atoms with Crippen molar-refractivity contribution in [3.05, 3.63) is 62.5 Å². The quantitative estimate of drug-likeness (QED) is 0.843. The number of hydrogen-bond donors (Lipinski definition) is 1. The zero-order valence-electron chi connectivity index (χ0n) is 9.77. The van der Waals surface area contributed by atoms with Gasteiger partial charge in [-0.1, -0.05) is 50.1 Å². The summed E-state index contributed by atoms with van der Waals surface area (Å²) in [5, 5.41) is 9.10. The molecule has 5 heteroatoms. The molecule has 0 amide bonds. The van der Waals surface area contributed by atoms with Crippen molar-refractivity contribution in [2.24, 2.45) is 0 Å². The summed E-state index contributed by atoms with van der Waals surface area (Å²) in [4.78, 5) is 11.1. The number of carbonyl (C=O) groups is 1. The third kappa shape index (κ3) is 3.58. The fourth-order valence-corrected chi connectivity index (χ4v) is 2.30. The monoisotopic (exact) mass is 384 g/mol. The predicted octanol–water partition coefficient (Wildman–Crippen LogP) is 4.49. The lowest BCUT2D eigenvalue weighted by molar-refractivity contribution is 0.0691. The molecule has 0 aromatic heterocycles. The molecule has 19 heavy (non-hydrogen) atoms. The molecule has 0 radical (unpaired) electrons. The highest BCUT2D eigenvalue weighted by molar-refractivity contribution is 9.10. The SMILES string of the molecule is O=C(O)c1ccc(Br)cc1OCc1ccccc1Br. The summed E-state index contributed by atoms with van der Waals surface area (Å²) in [5.41, 5.74) is 1.11. The minimum atomic E-state index is -1.00. The van der Waals surface area contributed by atoms with Gasteiger partial charge in [0.1, 0.15) is 17.9 Å². The van der Waals surface area contributed by atoms with Crippen molar-refractivity contribution >= 4 is 37.8 Å². The lowest BCUT2D eigenvalue weighted by Crippen LogP contribution is -2.03. The van der Waals surface area contributed by atoms with Crippen molar-refractivity contribution in [2.45, 2.75) is 6.61 Å². The molecule has 0 aliphatic rings. The van der Waals surface area contributed by atoms with Crippen LogP contribution in [0.1, 0.15) is 15.9 Å². The van der Waals surface area contributed by atoms with E-state index in [4.69, 9.17) is 9.84 Å². The van der Waals surface area contributed by atoms with Gasteiger partial charge in [0, 0.05) is 14.5 Å². The second-order valence-corrected chi connectivity index (χ2v) is 5.60. The van der Waals surface area contributed by atoms with Crippen molar-refractivity contribution in [3.8, 4) is 5.75 Å². The maximum atomic E-state index is 11.1. The van der Waals surface area contributed by atoms with E-state index in [9.17, 15) is 4.79 Å². The van der Waals surface area contributed by atoms with E-state index in [0.717, 1.165) is 14.5 Å². The Balaban J connectivity index is 2.22. The molecular weight excluding hydrogens is 376 g/mol. The zero-order valence-corrected chi connectivity index (χ0v) is 12.9. The minimum absolute atomic E-state index is 0.148. The van der Waals surface area contributed by atoms with Gasteiger partial charge in [-0.05, 0) is 24.3 Å². The molecule has 2 rings (SSSR count). The average molecular weight is 386 g/mol. The fourth-order valence-electron chi connectivity index (χ4n) is 1.56. The summed E-state index contributed by atoms with van der Waals surface area (Å²) in [6, 6.07) is 12.5. The highest BCUT2D eigenvalue weighted by atomic mass is 79.9. The molecule has 0 saturated carbocycles. The number of carboxylic acid groups (broad SMARTS) is 1. The molecule has 0 aliphatic heterocycles.